The van der Waals surface area contributed by atoms with Gasteiger partial charge in [-0.2, -0.15) is 0 Å². The third-order valence-electron chi connectivity index (χ3n) is 4.15. The molecule has 21 heavy (non-hydrogen) atoms. The van der Waals surface area contributed by atoms with Crippen molar-refractivity contribution in [3.8, 4) is 0 Å². The molecule has 1 aromatic rings. The maximum Gasteiger partial charge on any atom is 0.332 e. The lowest BCUT2D eigenvalue weighted by Gasteiger charge is -2.43. The Hall–Kier alpha value is -1.84. The Morgan fingerprint density at radius 2 is 1.90 bits per heavy atom. The maximum atomic E-state index is 12.3. The van der Waals surface area contributed by atoms with Crippen LogP contribution in [-0.2, 0) is 20.7 Å². The number of cyclic esters (lactones) is 1. The third-order valence-corrected chi connectivity index (χ3v) is 4.15. The van der Waals surface area contributed by atoms with E-state index >= 15 is 0 Å². The normalized spacial score (nSPS) is 26.0. The van der Waals surface area contributed by atoms with Gasteiger partial charge in [-0.05, 0) is 12.5 Å². The van der Waals surface area contributed by atoms with Crippen molar-refractivity contribution in [3.05, 3.63) is 35.9 Å². The molecule has 0 N–H and O–H groups in total. The molecular formula is C17H23NO3. The van der Waals surface area contributed by atoms with E-state index in [4.69, 9.17) is 9.47 Å². The molecule has 0 aliphatic carbocycles. The Labute approximate surface area is 126 Å². The second kappa shape index (κ2) is 5.51. The largest absolute Gasteiger partial charge is 0.481 e. The van der Waals surface area contributed by atoms with Gasteiger partial charge in [-0.3, -0.25) is 0 Å². The number of nitrogens with zero attached hydrogens (tertiary/aromatic N) is 1. The number of methoxy groups -OCH3 is 1. The molecular weight excluding hydrogens is 266 g/mol. The molecule has 0 fully saturated rings. The molecule has 2 rings (SSSR count). The molecule has 0 amide bonds. The van der Waals surface area contributed by atoms with Gasteiger partial charge >= 0.3 is 5.97 Å². The smallest absolute Gasteiger partial charge is 0.332 e. The van der Waals surface area contributed by atoms with Crippen molar-refractivity contribution in [3.63, 3.8) is 0 Å². The summed E-state index contributed by atoms with van der Waals surface area (Å²) in [4.78, 5) is 16.9. The lowest BCUT2D eigenvalue weighted by Crippen LogP contribution is -2.56. The van der Waals surface area contributed by atoms with Gasteiger partial charge in [0.15, 0.2) is 11.6 Å². The van der Waals surface area contributed by atoms with Crippen molar-refractivity contribution in [1.82, 2.24) is 0 Å². The van der Waals surface area contributed by atoms with Gasteiger partial charge in [0.1, 0.15) is 0 Å². The van der Waals surface area contributed by atoms with E-state index in [9.17, 15) is 4.79 Å². The molecule has 0 spiro atoms. The lowest BCUT2D eigenvalue weighted by atomic mass is 9.76. The molecule has 4 heteroatoms. The highest BCUT2D eigenvalue weighted by Gasteiger charge is 2.51. The molecule has 1 heterocycles. The van der Waals surface area contributed by atoms with Crippen molar-refractivity contribution in [2.75, 3.05) is 7.11 Å². The van der Waals surface area contributed by atoms with Crippen molar-refractivity contribution in [2.24, 2.45) is 10.4 Å². The van der Waals surface area contributed by atoms with Gasteiger partial charge in [-0.25, -0.2) is 9.79 Å². The van der Waals surface area contributed by atoms with E-state index in [-0.39, 0.29) is 11.4 Å². The minimum absolute atomic E-state index is 0.294. The number of hydrogen-bond acceptors (Lipinski definition) is 4. The SMILES string of the molecule is COC1=N[C@H](Cc2ccccc2)C(=O)O[C@@]1(C)C(C)(C)C. The van der Waals surface area contributed by atoms with E-state index in [1.807, 2.05) is 58.0 Å². The minimum Gasteiger partial charge on any atom is -0.481 e. The van der Waals surface area contributed by atoms with Crippen LogP contribution in [0, 0.1) is 5.41 Å². The first-order valence-electron chi connectivity index (χ1n) is 7.17. The molecule has 0 unspecified atom stereocenters. The molecule has 0 bridgehead atoms. The summed E-state index contributed by atoms with van der Waals surface area (Å²) in [6, 6.07) is 9.26. The van der Waals surface area contributed by atoms with Gasteiger partial charge < -0.3 is 9.47 Å². The van der Waals surface area contributed by atoms with Crippen LogP contribution in [0.1, 0.15) is 33.3 Å². The van der Waals surface area contributed by atoms with Crippen LogP contribution in [0.3, 0.4) is 0 Å². The molecule has 4 nitrogen and oxygen atoms in total. The van der Waals surface area contributed by atoms with Gasteiger partial charge in [0.05, 0.1) is 7.11 Å². The Morgan fingerprint density at radius 1 is 1.29 bits per heavy atom. The van der Waals surface area contributed by atoms with Crippen LogP contribution < -0.4 is 0 Å². The van der Waals surface area contributed by atoms with Crippen LogP contribution in [0.4, 0.5) is 0 Å². The average molecular weight is 289 g/mol. The van der Waals surface area contributed by atoms with Gasteiger partial charge in [0.2, 0.25) is 5.90 Å². The third kappa shape index (κ3) is 2.94. The zero-order chi connectivity index (χ0) is 15.7. The maximum absolute atomic E-state index is 12.3. The van der Waals surface area contributed by atoms with Crippen LogP contribution >= 0.6 is 0 Å². The van der Waals surface area contributed by atoms with Crippen LogP contribution in [0.15, 0.2) is 35.3 Å². The number of benzene rings is 1. The number of carbonyl (C=O) groups excluding carboxylic acids is 1. The van der Waals surface area contributed by atoms with E-state index < -0.39 is 11.6 Å². The predicted octanol–water partition coefficient (Wildman–Crippen LogP) is 3.00. The number of rotatable bonds is 2. The number of hydrogen-bond donors (Lipinski definition) is 0. The Morgan fingerprint density at radius 3 is 2.43 bits per heavy atom. The summed E-state index contributed by atoms with van der Waals surface area (Å²) in [6.07, 6.45) is 0.521. The Balaban J connectivity index is 2.31. The molecule has 0 saturated heterocycles. The fourth-order valence-electron chi connectivity index (χ4n) is 2.32. The van der Waals surface area contributed by atoms with Crippen molar-refractivity contribution in [2.45, 2.75) is 45.8 Å². The van der Waals surface area contributed by atoms with Gasteiger partial charge in [0.25, 0.3) is 0 Å². The van der Waals surface area contributed by atoms with Crippen molar-refractivity contribution in [1.29, 1.82) is 0 Å². The average Bonchev–Trinajstić information content (AvgIpc) is 2.42. The first-order valence-corrected chi connectivity index (χ1v) is 7.17. The van der Waals surface area contributed by atoms with Crippen LogP contribution in [0.25, 0.3) is 0 Å². The molecule has 0 radical (unpaired) electrons. The number of ether oxygens (including phenoxy) is 2. The first kappa shape index (κ1) is 15.5. The van der Waals surface area contributed by atoms with Crippen molar-refractivity contribution < 1.29 is 14.3 Å². The molecule has 2 atom stereocenters. The topological polar surface area (TPSA) is 47.9 Å². The molecule has 1 aromatic carbocycles. The monoisotopic (exact) mass is 289 g/mol. The van der Waals surface area contributed by atoms with Crippen molar-refractivity contribution >= 4 is 11.9 Å². The summed E-state index contributed by atoms with van der Waals surface area (Å²) < 4.78 is 11.2. The Kier molecular flexibility index (Phi) is 4.08. The highest BCUT2D eigenvalue weighted by Crippen LogP contribution is 2.38. The fraction of sp³-hybridized carbons (Fsp3) is 0.529. The molecule has 1 aliphatic heterocycles. The highest BCUT2D eigenvalue weighted by atomic mass is 16.6. The summed E-state index contributed by atoms with van der Waals surface area (Å²) in [5.41, 5.74) is -0.0839. The highest BCUT2D eigenvalue weighted by molar-refractivity contribution is 5.94. The van der Waals surface area contributed by atoms with Gasteiger partial charge in [-0.1, -0.05) is 51.1 Å². The zero-order valence-electron chi connectivity index (χ0n) is 13.3. The second-order valence-electron chi connectivity index (χ2n) is 6.55. The number of esters is 1. The minimum atomic E-state index is -0.841. The van der Waals surface area contributed by atoms with E-state index in [0.29, 0.717) is 12.3 Å². The van der Waals surface area contributed by atoms with E-state index in [2.05, 4.69) is 4.99 Å². The summed E-state index contributed by atoms with van der Waals surface area (Å²) in [7, 11) is 1.57. The lowest BCUT2D eigenvalue weighted by molar-refractivity contribution is -0.166. The summed E-state index contributed by atoms with van der Waals surface area (Å²) in [5.74, 6) is 0.188. The van der Waals surface area contributed by atoms with Crippen LogP contribution in [-0.4, -0.2) is 30.6 Å². The first-order chi connectivity index (χ1) is 9.78. The molecule has 0 aromatic heterocycles. The number of carbonyl (C=O) groups is 1. The number of aliphatic imine (C=N–C) groups is 1. The second-order valence-corrected chi connectivity index (χ2v) is 6.55. The fourth-order valence-corrected chi connectivity index (χ4v) is 2.32. The summed E-state index contributed by atoms with van der Waals surface area (Å²) in [6.45, 7) is 7.87. The van der Waals surface area contributed by atoms with E-state index in [1.54, 1.807) is 7.11 Å². The van der Waals surface area contributed by atoms with Gasteiger partial charge in [-0.15, -0.1) is 0 Å². The molecule has 0 saturated carbocycles. The zero-order valence-corrected chi connectivity index (χ0v) is 13.3. The van der Waals surface area contributed by atoms with E-state index in [1.165, 1.54) is 0 Å². The summed E-state index contributed by atoms with van der Waals surface area (Å²) in [5, 5.41) is 0. The van der Waals surface area contributed by atoms with Crippen LogP contribution in [0.2, 0.25) is 0 Å². The van der Waals surface area contributed by atoms with Gasteiger partial charge in [0, 0.05) is 11.8 Å². The predicted molar refractivity (Wildman–Crippen MR) is 82.3 cm³/mol. The van der Waals surface area contributed by atoms with Crippen LogP contribution in [0.5, 0.6) is 0 Å². The summed E-state index contributed by atoms with van der Waals surface area (Å²) >= 11 is 0. The molecule has 114 valence electrons. The van der Waals surface area contributed by atoms with E-state index in [0.717, 1.165) is 5.56 Å². The quantitative estimate of drug-likeness (QED) is 0.786. The standard InChI is InChI=1S/C17H23NO3/c1-16(2,3)17(4)15(20-5)18-13(14(19)21-17)11-12-9-7-6-8-10-12/h6-10,13H,11H2,1-5H3/t13-,17-/m1/s1. The Bertz CT molecular complexity index is 545. The molecule has 1 aliphatic rings.